The van der Waals surface area contributed by atoms with Crippen LogP contribution in [0.25, 0.3) is 0 Å². The van der Waals surface area contributed by atoms with Gasteiger partial charge in [0, 0.05) is 35.2 Å². The molecular formula is C26H30FN3O+2. The molecule has 3 aromatic rings. The molecule has 1 saturated heterocycles. The summed E-state index contributed by atoms with van der Waals surface area (Å²) < 4.78 is 13.2. The second kappa shape index (κ2) is 10.3. The zero-order chi connectivity index (χ0) is 21.5. The topological polar surface area (TPSA) is 50.1 Å². The Hall–Kier alpha value is -3.02. The minimum Gasteiger partial charge on any atom is -0.331 e. The molecule has 4 nitrogen and oxygen atoms in total. The highest BCUT2D eigenvalue weighted by Crippen LogP contribution is 2.15. The van der Waals surface area contributed by atoms with Gasteiger partial charge in [-0.3, -0.25) is 4.79 Å². The molecule has 3 aromatic carbocycles. The number of anilines is 1. The van der Waals surface area contributed by atoms with Gasteiger partial charge in [-0.1, -0.05) is 54.6 Å². The molecule has 5 heteroatoms. The highest BCUT2D eigenvalue weighted by molar-refractivity contribution is 5.94. The fourth-order valence-corrected chi connectivity index (χ4v) is 4.30. The Labute approximate surface area is 183 Å². The Balaban J connectivity index is 1.49. The Bertz CT molecular complexity index is 985. The van der Waals surface area contributed by atoms with Crippen molar-refractivity contribution in [2.75, 3.05) is 18.4 Å². The molecule has 1 fully saturated rings. The largest absolute Gasteiger partial charge is 0.331 e. The minimum atomic E-state index is -0.390. The van der Waals surface area contributed by atoms with E-state index in [-0.39, 0.29) is 11.7 Å². The van der Waals surface area contributed by atoms with E-state index in [9.17, 15) is 9.18 Å². The fraction of sp³-hybridized carbons (Fsp3) is 0.269. The van der Waals surface area contributed by atoms with Gasteiger partial charge in [-0.15, -0.1) is 0 Å². The minimum absolute atomic E-state index is 0.111. The van der Waals surface area contributed by atoms with Crippen LogP contribution in [-0.2, 0) is 17.9 Å². The van der Waals surface area contributed by atoms with E-state index in [2.05, 4.69) is 34.9 Å². The lowest BCUT2D eigenvalue weighted by Gasteiger charge is -2.18. The third-order valence-electron chi connectivity index (χ3n) is 6.00. The van der Waals surface area contributed by atoms with E-state index in [0.29, 0.717) is 5.69 Å². The van der Waals surface area contributed by atoms with Gasteiger partial charge in [-0.2, -0.15) is 0 Å². The summed E-state index contributed by atoms with van der Waals surface area (Å²) in [5.74, 6) is -0.429. The molecule has 0 radical (unpaired) electrons. The van der Waals surface area contributed by atoms with Crippen LogP contribution in [0.3, 0.4) is 0 Å². The maximum atomic E-state index is 13.2. The van der Waals surface area contributed by atoms with E-state index >= 15 is 0 Å². The Morgan fingerprint density at radius 2 is 1.55 bits per heavy atom. The van der Waals surface area contributed by atoms with E-state index in [4.69, 9.17) is 0 Å². The molecule has 4 N–H and O–H groups in total. The molecule has 1 amide bonds. The van der Waals surface area contributed by atoms with Crippen LogP contribution in [0.1, 0.15) is 35.6 Å². The van der Waals surface area contributed by atoms with Gasteiger partial charge in [0.2, 0.25) is 0 Å². The molecule has 0 spiro atoms. The molecule has 1 aliphatic rings. The number of benzene rings is 3. The predicted molar refractivity (Wildman–Crippen MR) is 120 cm³/mol. The van der Waals surface area contributed by atoms with Crippen LogP contribution < -0.4 is 15.5 Å². The first kappa shape index (κ1) is 21.2. The number of likely N-dealkylation sites (tertiary alicyclic amines) is 1. The van der Waals surface area contributed by atoms with E-state index in [1.165, 1.54) is 49.2 Å². The number of carbonyl (C=O) groups is 1. The number of amides is 1. The quantitative estimate of drug-likeness (QED) is 0.516. The highest BCUT2D eigenvalue weighted by Gasteiger charge is 2.25. The Morgan fingerprint density at radius 1 is 0.903 bits per heavy atom. The van der Waals surface area contributed by atoms with Crippen molar-refractivity contribution in [3.8, 4) is 0 Å². The zero-order valence-corrected chi connectivity index (χ0v) is 17.7. The molecule has 4 rings (SSSR count). The maximum Gasteiger partial charge on any atom is 0.287 e. The summed E-state index contributed by atoms with van der Waals surface area (Å²) in [6.45, 7) is 4.25. The predicted octanol–water partition coefficient (Wildman–Crippen LogP) is 2.45. The van der Waals surface area contributed by atoms with Gasteiger partial charge in [-0.05, 0) is 24.3 Å². The van der Waals surface area contributed by atoms with Crippen molar-refractivity contribution in [1.82, 2.24) is 0 Å². The van der Waals surface area contributed by atoms with E-state index in [0.717, 1.165) is 18.7 Å². The first-order chi connectivity index (χ1) is 15.2. The number of nitrogens with two attached hydrogens (primary N) is 1. The first-order valence-electron chi connectivity index (χ1n) is 11.0. The van der Waals surface area contributed by atoms with Crippen LogP contribution >= 0.6 is 0 Å². The summed E-state index contributed by atoms with van der Waals surface area (Å²) in [6, 6.07) is 23.9. The molecule has 0 bridgehead atoms. The SMILES string of the molecule is O=C(Nc1ccc(F)cc1)[C@@H]([NH2+]Cc1ccccc1C[NH+]1CCCC1)c1ccccc1. The van der Waals surface area contributed by atoms with Crippen molar-refractivity contribution in [2.45, 2.75) is 32.0 Å². The summed E-state index contributed by atoms with van der Waals surface area (Å²) in [7, 11) is 0. The molecule has 160 valence electrons. The number of carbonyl (C=O) groups excluding carboxylic acids is 1. The van der Waals surface area contributed by atoms with Gasteiger partial charge in [0.15, 0.2) is 6.04 Å². The molecule has 31 heavy (non-hydrogen) atoms. The second-order valence-corrected chi connectivity index (χ2v) is 8.23. The lowest BCUT2D eigenvalue weighted by Crippen LogP contribution is -3.08. The van der Waals surface area contributed by atoms with Crippen LogP contribution in [0.4, 0.5) is 10.1 Å². The molecule has 0 unspecified atom stereocenters. The Morgan fingerprint density at radius 3 is 2.26 bits per heavy atom. The van der Waals surface area contributed by atoms with E-state index in [1.54, 1.807) is 17.0 Å². The monoisotopic (exact) mass is 419 g/mol. The first-order valence-corrected chi connectivity index (χ1v) is 11.0. The van der Waals surface area contributed by atoms with Crippen molar-refractivity contribution >= 4 is 11.6 Å². The molecule has 0 aliphatic carbocycles. The molecule has 0 saturated carbocycles. The van der Waals surface area contributed by atoms with Gasteiger partial charge in [-0.25, -0.2) is 4.39 Å². The lowest BCUT2D eigenvalue weighted by molar-refractivity contribution is -0.901. The van der Waals surface area contributed by atoms with Crippen molar-refractivity contribution in [1.29, 1.82) is 0 Å². The summed E-state index contributed by atoms with van der Waals surface area (Å²) >= 11 is 0. The smallest absolute Gasteiger partial charge is 0.287 e. The molecule has 1 atom stereocenters. The zero-order valence-electron chi connectivity index (χ0n) is 17.7. The average Bonchev–Trinajstić information content (AvgIpc) is 3.30. The van der Waals surface area contributed by atoms with Crippen LogP contribution in [-0.4, -0.2) is 19.0 Å². The number of quaternary nitrogens is 2. The van der Waals surface area contributed by atoms with Gasteiger partial charge in [0.05, 0.1) is 13.1 Å². The van der Waals surface area contributed by atoms with Crippen molar-refractivity contribution in [3.05, 3.63) is 101 Å². The standard InChI is InChI=1S/C26H28FN3O/c27-23-12-14-24(15-13-23)29-26(31)25(20-8-2-1-3-9-20)28-18-21-10-4-5-11-22(21)19-30-16-6-7-17-30/h1-5,8-15,25,28H,6-7,16-19H2,(H,29,31)/p+2/t25-/m0/s1. The summed E-state index contributed by atoms with van der Waals surface area (Å²) in [5, 5.41) is 5.03. The van der Waals surface area contributed by atoms with Gasteiger partial charge in [0.25, 0.3) is 5.91 Å². The molecule has 1 aliphatic heterocycles. The van der Waals surface area contributed by atoms with E-state index in [1.807, 2.05) is 30.3 Å². The van der Waals surface area contributed by atoms with Crippen LogP contribution in [0, 0.1) is 5.82 Å². The third-order valence-corrected chi connectivity index (χ3v) is 6.00. The number of hydrogen-bond donors (Lipinski definition) is 3. The van der Waals surface area contributed by atoms with Crippen LogP contribution in [0.15, 0.2) is 78.9 Å². The van der Waals surface area contributed by atoms with Gasteiger partial charge in [0.1, 0.15) is 18.9 Å². The van der Waals surface area contributed by atoms with E-state index < -0.39 is 6.04 Å². The maximum absolute atomic E-state index is 13.2. The van der Waals surface area contributed by atoms with Gasteiger partial charge >= 0.3 is 0 Å². The summed E-state index contributed by atoms with van der Waals surface area (Å²) in [4.78, 5) is 14.8. The van der Waals surface area contributed by atoms with Crippen LogP contribution in [0.5, 0.6) is 0 Å². The van der Waals surface area contributed by atoms with Crippen molar-refractivity contribution < 1.29 is 19.4 Å². The third kappa shape index (κ3) is 5.78. The molecular weight excluding hydrogens is 389 g/mol. The number of hydrogen-bond acceptors (Lipinski definition) is 1. The second-order valence-electron chi connectivity index (χ2n) is 8.23. The number of rotatable bonds is 8. The van der Waals surface area contributed by atoms with Crippen LogP contribution in [0.2, 0.25) is 0 Å². The van der Waals surface area contributed by atoms with Crippen molar-refractivity contribution in [2.24, 2.45) is 0 Å². The Kier molecular flexibility index (Phi) is 7.07. The summed E-state index contributed by atoms with van der Waals surface area (Å²) in [6.07, 6.45) is 2.62. The van der Waals surface area contributed by atoms with Gasteiger partial charge < -0.3 is 15.5 Å². The summed E-state index contributed by atoms with van der Waals surface area (Å²) in [5.41, 5.74) is 4.18. The fourth-order valence-electron chi connectivity index (χ4n) is 4.30. The van der Waals surface area contributed by atoms with Crippen molar-refractivity contribution in [3.63, 3.8) is 0 Å². The average molecular weight is 420 g/mol. The molecule has 0 aromatic heterocycles. The lowest BCUT2D eigenvalue weighted by atomic mass is 10.0. The number of halogens is 1. The molecule has 1 heterocycles. The number of nitrogens with one attached hydrogen (secondary N) is 2. The normalized spacial score (nSPS) is 15.0. The highest BCUT2D eigenvalue weighted by atomic mass is 19.1.